The average molecular weight is 1780 g/mol. The van der Waals surface area contributed by atoms with Crippen LogP contribution in [-0.4, -0.2) is 205 Å². The number of aliphatic hydroxyl groups is 9. The Morgan fingerprint density at radius 3 is 0.967 bits per heavy atom. The summed E-state index contributed by atoms with van der Waals surface area (Å²) in [5.41, 5.74) is 0. The zero-order valence-corrected chi connectivity index (χ0v) is 78.8. The summed E-state index contributed by atoms with van der Waals surface area (Å²) in [7, 11) is -5.81. The number of hydrogen-bond donors (Lipinski definition) is 10. The van der Waals surface area contributed by atoms with Crippen LogP contribution in [0, 0.1) is 5.92 Å². The number of carbonyl (C=O) groups is 4. The van der Waals surface area contributed by atoms with Crippen LogP contribution in [0.15, 0.2) is 0 Å². The van der Waals surface area contributed by atoms with E-state index in [0.29, 0.717) is 38.0 Å². The first-order chi connectivity index (χ1) is 59.6. The van der Waals surface area contributed by atoms with Crippen LogP contribution >= 0.6 is 7.82 Å². The third-order valence-electron chi connectivity index (χ3n) is 25.3. The number of esters is 4. The van der Waals surface area contributed by atoms with Gasteiger partial charge >= 0.3 is 31.7 Å². The van der Waals surface area contributed by atoms with Crippen LogP contribution in [0.1, 0.15) is 458 Å². The van der Waals surface area contributed by atoms with Crippen molar-refractivity contribution in [3.05, 3.63) is 0 Å². The van der Waals surface area contributed by atoms with Gasteiger partial charge in [0.25, 0.3) is 0 Å². The molecule has 19 unspecified atom stereocenters. The maximum absolute atomic E-state index is 15.0. The maximum atomic E-state index is 15.0. The Bertz CT molecular complexity index is 2560. The van der Waals surface area contributed by atoms with Gasteiger partial charge in [0, 0.05) is 25.7 Å². The van der Waals surface area contributed by atoms with Gasteiger partial charge in [0.1, 0.15) is 92.6 Å². The van der Waals surface area contributed by atoms with Gasteiger partial charge in [-0.25, -0.2) is 4.57 Å². The Labute approximate surface area is 744 Å². The van der Waals surface area contributed by atoms with Crippen molar-refractivity contribution in [3.63, 3.8) is 0 Å². The summed E-state index contributed by atoms with van der Waals surface area (Å²) in [4.78, 5) is 66.8. The summed E-state index contributed by atoms with van der Waals surface area (Å²) < 4.78 is 73.7. The molecular formula is C97H183O25P. The van der Waals surface area contributed by atoms with Gasteiger partial charge in [-0.15, -0.1) is 0 Å². The molecule has 0 spiro atoms. The largest absolute Gasteiger partial charge is 0.472 e. The molecule has 2 saturated heterocycles. The van der Waals surface area contributed by atoms with Gasteiger partial charge in [0.2, 0.25) is 0 Å². The molecule has 19 atom stereocenters. The van der Waals surface area contributed by atoms with Gasteiger partial charge in [-0.2, -0.15) is 0 Å². The number of unbranched alkanes of at least 4 members (excludes halogenated alkanes) is 55. The highest BCUT2D eigenvalue weighted by Gasteiger charge is 2.60. The molecule has 0 bridgehead atoms. The Morgan fingerprint density at radius 1 is 0.317 bits per heavy atom. The summed E-state index contributed by atoms with van der Waals surface area (Å²) in [5.74, 6) is -2.25. The molecule has 3 aliphatic rings. The van der Waals surface area contributed by atoms with Crippen molar-refractivity contribution in [1.29, 1.82) is 0 Å². The van der Waals surface area contributed by atoms with Gasteiger partial charge in [-0.05, 0) is 31.6 Å². The van der Waals surface area contributed by atoms with Crippen LogP contribution in [0.4, 0.5) is 0 Å². The predicted molar refractivity (Wildman–Crippen MR) is 481 cm³/mol. The fourth-order valence-corrected chi connectivity index (χ4v) is 18.1. The zero-order valence-electron chi connectivity index (χ0n) is 77.9. The number of phosphoric acid groups is 1. The third-order valence-corrected chi connectivity index (χ3v) is 26.2. The lowest BCUT2D eigenvalue weighted by Crippen LogP contribution is -2.70. The fraction of sp³-hybridized carbons (Fsp3) is 0.959. The molecule has 1 aliphatic carbocycles. The van der Waals surface area contributed by atoms with E-state index in [9.17, 15) is 74.6 Å². The first kappa shape index (κ1) is 115. The van der Waals surface area contributed by atoms with E-state index >= 15 is 0 Å². The number of hydrogen-bond acceptors (Lipinski definition) is 24. The molecule has 25 nitrogen and oxygen atoms in total. The summed E-state index contributed by atoms with van der Waals surface area (Å²) in [6, 6.07) is 0. The first-order valence-electron chi connectivity index (χ1n) is 50.7. The second-order valence-electron chi connectivity index (χ2n) is 36.6. The summed E-state index contributed by atoms with van der Waals surface area (Å²) >= 11 is 0. The molecule has 0 radical (unpaired) electrons. The highest BCUT2D eigenvalue weighted by Crippen LogP contribution is 2.49. The smallest absolute Gasteiger partial charge is 0.463 e. The highest BCUT2D eigenvalue weighted by atomic mass is 31.2. The van der Waals surface area contributed by atoms with E-state index in [0.717, 1.165) is 128 Å². The molecule has 26 heteroatoms. The Kier molecular flexibility index (Phi) is 70.0. The van der Waals surface area contributed by atoms with Crippen LogP contribution in [0.5, 0.6) is 0 Å². The molecule has 726 valence electrons. The van der Waals surface area contributed by atoms with Crippen molar-refractivity contribution >= 4 is 31.7 Å². The van der Waals surface area contributed by atoms with Gasteiger partial charge in [-0.1, -0.05) is 407 Å². The number of carbonyl (C=O) groups excluding carboxylic acids is 4. The Hall–Kier alpha value is -2.53. The average Bonchev–Trinajstić information content (AvgIpc) is 0.754. The van der Waals surface area contributed by atoms with Gasteiger partial charge in [-0.3, -0.25) is 28.2 Å². The lowest BCUT2D eigenvalue weighted by atomic mass is 9.84. The number of aliphatic hydroxyl groups excluding tert-OH is 9. The first-order valence-corrected chi connectivity index (χ1v) is 52.2. The molecule has 0 aromatic carbocycles. The maximum Gasteiger partial charge on any atom is 0.472 e. The molecule has 3 rings (SSSR count). The molecule has 2 heterocycles. The molecule has 0 amide bonds. The second-order valence-corrected chi connectivity index (χ2v) is 38.0. The molecule has 2 aliphatic heterocycles. The molecule has 123 heavy (non-hydrogen) atoms. The standard InChI is InChI=1S/C97H183O25P/c1-6-10-14-18-22-25-28-31-34-37-40-43-46-49-56-63-69-81(100)114-75-79-85(104)87(106)91(110)97(118-79)121-94-92(119-83(102)71-65-59-51-48-45-42-39-36-33-30-27-24-20-16-12-8-3)88(107)89(108)93(120-96-90(109)86(105)84(103)78(72-98)117-96)95(94)122-123(111,112)115-74-77(116-82(101)70-64-58-50-47-44-41-38-35-32-29-26-23-19-15-11-7-2)73-113-80(99)68-62-57-53-52-55-61-67-76(5)66-60-54-21-17-13-9-4/h76-79,84-98,103-110H,6-75H2,1-5H3,(H,111,112). The zero-order chi connectivity index (χ0) is 89.8. The minimum atomic E-state index is -5.81. The lowest BCUT2D eigenvalue weighted by molar-refractivity contribution is -0.360. The molecule has 0 aromatic heterocycles. The molecular weight excluding hydrogens is 1600 g/mol. The second kappa shape index (κ2) is 75.1. The molecule has 3 fully saturated rings. The van der Waals surface area contributed by atoms with Crippen LogP contribution < -0.4 is 0 Å². The van der Waals surface area contributed by atoms with Crippen molar-refractivity contribution in [3.8, 4) is 0 Å². The summed E-state index contributed by atoms with van der Waals surface area (Å²) in [6.45, 7) is 8.01. The van der Waals surface area contributed by atoms with E-state index in [4.69, 9.17) is 46.9 Å². The number of rotatable bonds is 83. The normalized spacial score (nSPS) is 24.6. The van der Waals surface area contributed by atoms with E-state index in [1.807, 2.05) is 0 Å². The van der Waals surface area contributed by atoms with Crippen molar-refractivity contribution in [2.75, 3.05) is 26.4 Å². The fourth-order valence-electron chi connectivity index (χ4n) is 17.2. The Morgan fingerprint density at radius 2 is 0.610 bits per heavy atom. The highest BCUT2D eigenvalue weighted by molar-refractivity contribution is 7.47. The Balaban J connectivity index is 1.89. The topological polar surface area (TPSA) is 380 Å². The van der Waals surface area contributed by atoms with Gasteiger partial charge in [0.15, 0.2) is 24.8 Å². The molecule has 1 saturated carbocycles. The van der Waals surface area contributed by atoms with Crippen LogP contribution in [0.3, 0.4) is 0 Å². The minimum Gasteiger partial charge on any atom is -0.463 e. The quantitative estimate of drug-likeness (QED) is 0.0117. The van der Waals surface area contributed by atoms with E-state index < -0.39 is 162 Å². The van der Waals surface area contributed by atoms with E-state index in [-0.39, 0.29) is 25.7 Å². The SMILES string of the molecule is CCCCCCCCCCCCCCCCCCC(=O)OCC1OC(OC2C(OC(=O)CCCCCCCCCCCCCCCCCC)C(O)C(O)C(OC3OC(CO)C(O)C(O)C3O)C2OP(=O)(O)OCC(COC(=O)CCCCCCCCC(C)CCCCCCCC)OC(=O)CCCCCCCCCCCCCCCCCC)C(O)C(O)C1O. The predicted octanol–water partition coefficient (Wildman–Crippen LogP) is 20.0. The van der Waals surface area contributed by atoms with Crippen molar-refractivity contribution < 1.29 is 122 Å². The molecule has 0 aromatic rings. The van der Waals surface area contributed by atoms with Crippen molar-refractivity contribution in [2.45, 2.75) is 563 Å². The van der Waals surface area contributed by atoms with Crippen LogP contribution in [-0.2, 0) is 70.7 Å². The lowest BCUT2D eigenvalue weighted by Gasteiger charge is -2.50. The van der Waals surface area contributed by atoms with Crippen molar-refractivity contribution in [1.82, 2.24) is 0 Å². The van der Waals surface area contributed by atoms with Crippen LogP contribution in [0.2, 0.25) is 0 Å². The summed E-state index contributed by atoms with van der Waals surface area (Å²) in [6.07, 6.45) is 33.4. The number of ether oxygens (including phenoxy) is 8. The minimum absolute atomic E-state index is 0.0202. The van der Waals surface area contributed by atoms with E-state index in [1.54, 1.807) is 0 Å². The van der Waals surface area contributed by atoms with Gasteiger partial charge in [0.05, 0.1) is 13.2 Å². The number of phosphoric ester groups is 1. The van der Waals surface area contributed by atoms with Crippen molar-refractivity contribution in [2.24, 2.45) is 5.92 Å². The van der Waals surface area contributed by atoms with E-state index in [2.05, 4.69) is 34.6 Å². The van der Waals surface area contributed by atoms with Crippen LogP contribution in [0.25, 0.3) is 0 Å². The van der Waals surface area contributed by atoms with Gasteiger partial charge < -0.3 is 88.7 Å². The summed E-state index contributed by atoms with van der Waals surface area (Å²) in [5, 5.41) is 103. The monoisotopic (exact) mass is 1780 g/mol. The van der Waals surface area contributed by atoms with E-state index in [1.165, 1.54) is 238 Å². The third kappa shape index (κ3) is 54.8. The molecule has 10 N–H and O–H groups in total.